The highest BCUT2D eigenvalue weighted by Gasteiger charge is 2.48. The number of ether oxygens (including phenoxy) is 1. The van der Waals surface area contributed by atoms with E-state index in [2.05, 4.69) is 13.8 Å². The molecule has 1 aliphatic heterocycles. The van der Waals surface area contributed by atoms with Gasteiger partial charge >= 0.3 is 6.09 Å². The van der Waals surface area contributed by atoms with Crippen molar-refractivity contribution in [2.45, 2.75) is 59.1 Å². The van der Waals surface area contributed by atoms with Gasteiger partial charge in [-0.15, -0.1) is 0 Å². The van der Waals surface area contributed by atoms with Crippen LogP contribution in [0.1, 0.15) is 47.5 Å². The molecule has 3 heteroatoms. The number of hydrogen-bond acceptors (Lipinski definition) is 2. The minimum atomic E-state index is -0.390. The molecule has 2 fully saturated rings. The second kappa shape index (κ2) is 4.18. The van der Waals surface area contributed by atoms with E-state index >= 15 is 0 Å². The molecule has 1 heterocycles. The zero-order valence-corrected chi connectivity index (χ0v) is 11.7. The Labute approximate surface area is 105 Å². The van der Waals surface area contributed by atoms with Gasteiger partial charge in [-0.05, 0) is 51.4 Å². The van der Waals surface area contributed by atoms with Gasteiger partial charge in [0.05, 0.1) is 0 Å². The van der Waals surface area contributed by atoms with Gasteiger partial charge in [-0.25, -0.2) is 4.79 Å². The Morgan fingerprint density at radius 3 is 2.41 bits per heavy atom. The van der Waals surface area contributed by atoms with Crippen LogP contribution in [0.15, 0.2) is 0 Å². The molecular formula is C14H25NO2. The molecule has 3 nitrogen and oxygen atoms in total. The van der Waals surface area contributed by atoms with E-state index in [1.54, 1.807) is 0 Å². The number of nitrogens with zero attached hydrogens (tertiary/aromatic N) is 1. The van der Waals surface area contributed by atoms with Crippen molar-refractivity contribution in [2.75, 3.05) is 6.54 Å². The van der Waals surface area contributed by atoms with E-state index in [0.717, 1.165) is 18.4 Å². The Kier molecular flexibility index (Phi) is 3.13. The fourth-order valence-corrected chi connectivity index (χ4v) is 2.81. The van der Waals surface area contributed by atoms with Gasteiger partial charge in [-0.3, -0.25) is 0 Å². The maximum Gasteiger partial charge on any atom is 0.410 e. The molecule has 0 bridgehead atoms. The molecule has 3 atom stereocenters. The van der Waals surface area contributed by atoms with Crippen molar-refractivity contribution in [3.05, 3.63) is 0 Å². The van der Waals surface area contributed by atoms with E-state index in [-0.39, 0.29) is 11.7 Å². The predicted molar refractivity (Wildman–Crippen MR) is 67.8 cm³/mol. The Morgan fingerprint density at radius 2 is 1.88 bits per heavy atom. The van der Waals surface area contributed by atoms with Crippen LogP contribution in [0.2, 0.25) is 0 Å². The Hall–Kier alpha value is -0.730. The molecule has 17 heavy (non-hydrogen) atoms. The predicted octanol–water partition coefficient (Wildman–Crippen LogP) is 3.29. The van der Waals surface area contributed by atoms with Gasteiger partial charge in [0, 0.05) is 12.6 Å². The van der Waals surface area contributed by atoms with Crippen LogP contribution in [0, 0.1) is 17.8 Å². The Bertz CT molecular complexity index is 306. The van der Waals surface area contributed by atoms with E-state index in [1.807, 2.05) is 25.7 Å². The van der Waals surface area contributed by atoms with Gasteiger partial charge in [0.1, 0.15) is 5.60 Å². The molecule has 0 spiro atoms. The van der Waals surface area contributed by atoms with Crippen molar-refractivity contribution in [1.82, 2.24) is 4.90 Å². The molecule has 2 aliphatic rings. The first-order valence-corrected chi connectivity index (χ1v) is 6.77. The summed E-state index contributed by atoms with van der Waals surface area (Å²) in [5.41, 5.74) is -0.390. The fourth-order valence-electron chi connectivity index (χ4n) is 2.81. The average molecular weight is 239 g/mol. The number of carbonyl (C=O) groups excluding carboxylic acids is 1. The van der Waals surface area contributed by atoms with Gasteiger partial charge in [-0.1, -0.05) is 13.8 Å². The average Bonchev–Trinajstić information content (AvgIpc) is 2.90. The number of carbonyl (C=O) groups is 1. The van der Waals surface area contributed by atoms with Crippen LogP contribution < -0.4 is 0 Å². The lowest BCUT2D eigenvalue weighted by molar-refractivity contribution is 0.00243. The summed E-state index contributed by atoms with van der Waals surface area (Å²) in [4.78, 5) is 14.2. The summed E-state index contributed by atoms with van der Waals surface area (Å²) in [6.07, 6.45) is 2.35. The van der Waals surface area contributed by atoms with Crippen molar-refractivity contribution < 1.29 is 9.53 Å². The molecule has 0 radical (unpaired) electrons. The zero-order chi connectivity index (χ0) is 12.8. The number of fused-ring (bicyclic) bond motifs is 1. The molecule has 1 saturated heterocycles. The van der Waals surface area contributed by atoms with Crippen LogP contribution in [0.25, 0.3) is 0 Å². The summed E-state index contributed by atoms with van der Waals surface area (Å²) in [6.45, 7) is 11.1. The lowest BCUT2D eigenvalue weighted by Crippen LogP contribution is -2.49. The van der Waals surface area contributed by atoms with Crippen molar-refractivity contribution in [2.24, 2.45) is 17.8 Å². The molecule has 98 valence electrons. The standard InChI is InChI=1S/C14H25NO2/c1-9(2)12-7-10-6-11(10)8-15(12)13(16)17-14(3,4)5/h9-12H,6-8H2,1-5H3. The zero-order valence-electron chi connectivity index (χ0n) is 11.7. The lowest BCUT2D eigenvalue weighted by atomic mass is 9.93. The molecule has 1 saturated carbocycles. The van der Waals surface area contributed by atoms with Crippen molar-refractivity contribution >= 4 is 6.09 Å². The number of hydrogen-bond donors (Lipinski definition) is 0. The summed E-state index contributed by atoms with van der Waals surface area (Å²) in [6, 6.07) is 0.369. The van der Waals surface area contributed by atoms with Crippen molar-refractivity contribution in [3.63, 3.8) is 0 Å². The maximum atomic E-state index is 12.2. The summed E-state index contributed by atoms with van der Waals surface area (Å²) in [5.74, 6) is 2.14. The smallest absolute Gasteiger partial charge is 0.410 e. The number of piperidine rings is 1. The Morgan fingerprint density at radius 1 is 1.24 bits per heavy atom. The monoisotopic (exact) mass is 239 g/mol. The van der Waals surface area contributed by atoms with E-state index in [0.29, 0.717) is 12.0 Å². The highest BCUT2D eigenvalue weighted by atomic mass is 16.6. The second-order valence-electron chi connectivity index (χ2n) is 6.94. The summed E-state index contributed by atoms with van der Waals surface area (Å²) in [7, 11) is 0. The largest absolute Gasteiger partial charge is 0.444 e. The van der Waals surface area contributed by atoms with Gasteiger partial charge in [0.2, 0.25) is 0 Å². The highest BCUT2D eigenvalue weighted by molar-refractivity contribution is 5.69. The van der Waals surface area contributed by atoms with Gasteiger partial charge in [-0.2, -0.15) is 0 Å². The normalized spacial score (nSPS) is 32.4. The topological polar surface area (TPSA) is 29.5 Å². The quantitative estimate of drug-likeness (QED) is 0.702. The van der Waals surface area contributed by atoms with E-state index < -0.39 is 0 Å². The lowest BCUT2D eigenvalue weighted by Gasteiger charge is -2.38. The van der Waals surface area contributed by atoms with Crippen LogP contribution in [0.3, 0.4) is 0 Å². The van der Waals surface area contributed by atoms with E-state index in [1.165, 1.54) is 12.8 Å². The maximum absolute atomic E-state index is 12.2. The number of amides is 1. The van der Waals surface area contributed by atoms with Crippen molar-refractivity contribution in [1.29, 1.82) is 0 Å². The first kappa shape index (κ1) is 12.7. The summed E-state index contributed by atoms with van der Waals surface area (Å²) >= 11 is 0. The van der Waals surface area contributed by atoms with E-state index in [9.17, 15) is 4.79 Å². The first-order chi connectivity index (χ1) is 7.78. The van der Waals surface area contributed by atoms with Crippen LogP contribution in [0.4, 0.5) is 4.79 Å². The van der Waals surface area contributed by atoms with Crippen LogP contribution in [-0.4, -0.2) is 29.2 Å². The first-order valence-electron chi connectivity index (χ1n) is 6.77. The third-order valence-electron chi connectivity index (χ3n) is 3.84. The Balaban J connectivity index is 2.03. The third kappa shape index (κ3) is 2.93. The van der Waals surface area contributed by atoms with E-state index in [4.69, 9.17) is 4.74 Å². The van der Waals surface area contributed by atoms with Crippen molar-refractivity contribution in [3.8, 4) is 0 Å². The van der Waals surface area contributed by atoms with Gasteiger partial charge < -0.3 is 9.64 Å². The van der Waals surface area contributed by atoms with Crippen LogP contribution in [-0.2, 0) is 4.74 Å². The molecule has 3 unspecified atom stereocenters. The van der Waals surface area contributed by atoms with Crippen LogP contribution in [0.5, 0.6) is 0 Å². The minimum absolute atomic E-state index is 0.124. The molecule has 0 aromatic carbocycles. The molecule has 0 aromatic heterocycles. The molecule has 0 N–H and O–H groups in total. The molecule has 1 amide bonds. The number of likely N-dealkylation sites (tertiary alicyclic amines) is 1. The number of rotatable bonds is 1. The molecule has 2 rings (SSSR count). The van der Waals surface area contributed by atoms with Gasteiger partial charge in [0.25, 0.3) is 0 Å². The highest BCUT2D eigenvalue weighted by Crippen LogP contribution is 2.48. The molecular weight excluding hydrogens is 214 g/mol. The third-order valence-corrected chi connectivity index (χ3v) is 3.84. The molecule has 0 aromatic rings. The minimum Gasteiger partial charge on any atom is -0.444 e. The van der Waals surface area contributed by atoms with Crippen LogP contribution >= 0.6 is 0 Å². The second-order valence-corrected chi connectivity index (χ2v) is 6.94. The fraction of sp³-hybridized carbons (Fsp3) is 0.929. The summed E-state index contributed by atoms with van der Waals surface area (Å²) in [5, 5.41) is 0. The SMILES string of the molecule is CC(C)C1CC2CC2CN1C(=O)OC(C)(C)C. The molecule has 1 aliphatic carbocycles. The summed E-state index contributed by atoms with van der Waals surface area (Å²) < 4.78 is 5.51. The van der Waals surface area contributed by atoms with Gasteiger partial charge in [0.15, 0.2) is 0 Å².